The van der Waals surface area contributed by atoms with E-state index in [1.165, 1.54) is 0 Å². The van der Waals surface area contributed by atoms with Gasteiger partial charge in [0, 0.05) is 37.4 Å². The van der Waals surface area contributed by atoms with Gasteiger partial charge < -0.3 is 20.7 Å². The van der Waals surface area contributed by atoms with Gasteiger partial charge in [0.2, 0.25) is 0 Å². The first-order valence-corrected chi connectivity index (χ1v) is 10.5. The summed E-state index contributed by atoms with van der Waals surface area (Å²) in [6.45, 7) is 8.75. The van der Waals surface area contributed by atoms with Gasteiger partial charge in [0.05, 0.1) is 12.2 Å². The molecule has 0 saturated heterocycles. The zero-order chi connectivity index (χ0) is 20.6. The zero-order valence-electron chi connectivity index (χ0n) is 17.4. The number of unbranched alkanes of at least 4 members (excludes halogenated alkanes) is 1. The van der Waals surface area contributed by atoms with Gasteiger partial charge >= 0.3 is 6.09 Å². The molecule has 0 radical (unpaired) electrons. The van der Waals surface area contributed by atoms with Crippen LogP contribution >= 0.6 is 11.3 Å². The van der Waals surface area contributed by atoms with Gasteiger partial charge in [-0.25, -0.2) is 9.78 Å². The first kappa shape index (κ1) is 22.0. The van der Waals surface area contributed by atoms with Crippen LogP contribution in [0.3, 0.4) is 0 Å². The summed E-state index contributed by atoms with van der Waals surface area (Å²) < 4.78 is 7.32. The second-order valence-electron chi connectivity index (χ2n) is 7.62. The van der Waals surface area contributed by atoms with Gasteiger partial charge in [-0.15, -0.1) is 11.3 Å². The number of thiazole rings is 1. The first-order chi connectivity index (χ1) is 13.3. The molecule has 0 fully saturated rings. The van der Waals surface area contributed by atoms with Gasteiger partial charge in [0.25, 0.3) is 0 Å². The minimum Gasteiger partial charge on any atom is -0.444 e. The zero-order valence-corrected chi connectivity index (χ0v) is 18.2. The fourth-order valence-corrected chi connectivity index (χ4v) is 3.34. The van der Waals surface area contributed by atoms with E-state index in [1.807, 2.05) is 42.9 Å². The van der Waals surface area contributed by atoms with Crippen molar-refractivity contribution in [2.24, 2.45) is 4.99 Å². The maximum absolute atomic E-state index is 11.9. The van der Waals surface area contributed by atoms with Crippen LogP contribution in [0.5, 0.6) is 0 Å². The van der Waals surface area contributed by atoms with Crippen molar-refractivity contribution in [2.75, 3.05) is 13.6 Å². The average molecular weight is 409 g/mol. The Bertz CT molecular complexity index is 748. The molecule has 0 aliphatic heterocycles. The average Bonchev–Trinajstić information content (AvgIpc) is 3.20. The van der Waals surface area contributed by atoms with Crippen LogP contribution in [0.15, 0.2) is 22.8 Å². The third-order valence-corrected chi connectivity index (χ3v) is 4.71. The standard InChI is InChI=1S/C19H32N6O2S/c1-6-7-8-14(11-22-18(26)27-19(2,3)4)23-16(20-5)21-12-15-13-25-9-10-28-17(25)24-15/h9-10,13-14H,6-8,11-12H2,1-5H3,(H,22,26)(H2,20,21,23). The predicted octanol–water partition coefficient (Wildman–Crippen LogP) is 3.14. The molecule has 1 unspecified atom stereocenters. The minimum atomic E-state index is -0.508. The van der Waals surface area contributed by atoms with Crippen molar-refractivity contribution in [1.82, 2.24) is 25.3 Å². The molecule has 2 aromatic heterocycles. The molecule has 0 bridgehead atoms. The number of amides is 1. The number of ether oxygens (including phenoxy) is 1. The lowest BCUT2D eigenvalue weighted by atomic mass is 10.1. The molecule has 156 valence electrons. The van der Waals surface area contributed by atoms with E-state index in [-0.39, 0.29) is 6.04 Å². The highest BCUT2D eigenvalue weighted by molar-refractivity contribution is 7.15. The van der Waals surface area contributed by atoms with Crippen LogP contribution in [-0.4, -0.2) is 46.7 Å². The summed E-state index contributed by atoms with van der Waals surface area (Å²) in [5, 5.41) is 11.5. The van der Waals surface area contributed by atoms with E-state index in [0.29, 0.717) is 19.0 Å². The number of aromatic nitrogens is 2. The summed E-state index contributed by atoms with van der Waals surface area (Å²) in [4.78, 5) is 21.8. The minimum absolute atomic E-state index is 0.0594. The fourth-order valence-electron chi connectivity index (χ4n) is 2.62. The van der Waals surface area contributed by atoms with Crippen molar-refractivity contribution in [3.05, 3.63) is 23.5 Å². The molecule has 2 aromatic rings. The van der Waals surface area contributed by atoms with E-state index < -0.39 is 11.7 Å². The van der Waals surface area contributed by atoms with Crippen molar-refractivity contribution in [3.63, 3.8) is 0 Å². The summed E-state index contributed by atoms with van der Waals surface area (Å²) >= 11 is 1.61. The molecule has 28 heavy (non-hydrogen) atoms. The Balaban J connectivity index is 1.86. The van der Waals surface area contributed by atoms with Crippen LogP contribution in [0.4, 0.5) is 4.79 Å². The largest absolute Gasteiger partial charge is 0.444 e. The molecule has 0 aromatic carbocycles. The smallest absolute Gasteiger partial charge is 0.407 e. The number of nitrogens with zero attached hydrogens (tertiary/aromatic N) is 3. The van der Waals surface area contributed by atoms with Gasteiger partial charge in [0.1, 0.15) is 5.60 Å². The molecule has 8 nitrogen and oxygen atoms in total. The molecular weight excluding hydrogens is 376 g/mol. The number of hydrogen-bond acceptors (Lipinski definition) is 5. The maximum atomic E-state index is 11.9. The Kier molecular flexibility index (Phi) is 8.10. The number of imidazole rings is 1. The van der Waals surface area contributed by atoms with Gasteiger partial charge in [-0.1, -0.05) is 19.8 Å². The Morgan fingerprint density at radius 3 is 2.82 bits per heavy atom. The number of hydrogen-bond donors (Lipinski definition) is 3. The molecule has 2 heterocycles. The van der Waals surface area contributed by atoms with E-state index in [2.05, 4.69) is 32.9 Å². The number of aliphatic imine (C=N–C) groups is 1. The highest BCUT2D eigenvalue weighted by atomic mass is 32.1. The molecule has 0 aliphatic carbocycles. The molecule has 1 amide bonds. The van der Waals surface area contributed by atoms with Crippen LogP contribution in [-0.2, 0) is 11.3 Å². The number of nitrogens with one attached hydrogen (secondary N) is 3. The highest BCUT2D eigenvalue weighted by Gasteiger charge is 2.18. The van der Waals surface area contributed by atoms with E-state index in [9.17, 15) is 4.79 Å². The first-order valence-electron chi connectivity index (χ1n) is 9.66. The van der Waals surface area contributed by atoms with E-state index in [4.69, 9.17) is 4.74 Å². The monoisotopic (exact) mass is 408 g/mol. The Labute approximate surface area is 170 Å². The molecule has 3 N–H and O–H groups in total. The van der Waals surface area contributed by atoms with Gasteiger partial charge in [-0.3, -0.25) is 9.39 Å². The molecule has 0 aliphatic rings. The molecule has 0 spiro atoms. The number of fused-ring (bicyclic) bond motifs is 1. The highest BCUT2D eigenvalue weighted by Crippen LogP contribution is 2.11. The fraction of sp³-hybridized carbons (Fsp3) is 0.632. The van der Waals surface area contributed by atoms with Crippen LogP contribution in [0.2, 0.25) is 0 Å². The van der Waals surface area contributed by atoms with E-state index in [0.717, 1.165) is 29.9 Å². The predicted molar refractivity (Wildman–Crippen MR) is 114 cm³/mol. The summed E-state index contributed by atoms with van der Waals surface area (Å²) in [7, 11) is 1.74. The van der Waals surface area contributed by atoms with E-state index in [1.54, 1.807) is 18.4 Å². The van der Waals surface area contributed by atoms with Crippen LogP contribution in [0.25, 0.3) is 4.96 Å². The summed E-state index contributed by atoms with van der Waals surface area (Å²) in [5.74, 6) is 0.684. The van der Waals surface area contributed by atoms with Gasteiger partial charge in [0.15, 0.2) is 10.9 Å². The summed E-state index contributed by atoms with van der Waals surface area (Å²) in [6.07, 6.45) is 6.66. The molecule has 9 heteroatoms. The Hall–Kier alpha value is -2.29. The molecule has 1 atom stereocenters. The number of rotatable bonds is 8. The number of carbonyl (C=O) groups excluding carboxylic acids is 1. The Morgan fingerprint density at radius 2 is 2.18 bits per heavy atom. The van der Waals surface area contributed by atoms with Crippen molar-refractivity contribution >= 4 is 28.4 Å². The van der Waals surface area contributed by atoms with Crippen molar-refractivity contribution in [3.8, 4) is 0 Å². The topological polar surface area (TPSA) is 92.0 Å². The third kappa shape index (κ3) is 7.38. The Morgan fingerprint density at radius 1 is 1.39 bits per heavy atom. The molecule has 2 rings (SSSR count). The number of alkyl carbamates (subject to hydrolysis) is 1. The summed E-state index contributed by atoms with van der Waals surface area (Å²) in [6, 6.07) is 0.0594. The molecular formula is C19H32N6O2S. The van der Waals surface area contributed by atoms with Gasteiger partial charge in [-0.2, -0.15) is 0 Å². The van der Waals surface area contributed by atoms with Crippen molar-refractivity contribution < 1.29 is 9.53 Å². The summed E-state index contributed by atoms with van der Waals surface area (Å²) in [5.41, 5.74) is 0.443. The van der Waals surface area contributed by atoms with Crippen LogP contribution < -0.4 is 16.0 Å². The van der Waals surface area contributed by atoms with Crippen molar-refractivity contribution in [1.29, 1.82) is 0 Å². The maximum Gasteiger partial charge on any atom is 0.407 e. The van der Waals surface area contributed by atoms with Crippen molar-refractivity contribution in [2.45, 2.75) is 65.1 Å². The van der Waals surface area contributed by atoms with Crippen LogP contribution in [0, 0.1) is 0 Å². The number of carbonyl (C=O) groups is 1. The number of guanidine groups is 1. The SMILES string of the molecule is CCCCC(CNC(=O)OC(C)(C)C)NC(=NC)NCc1cn2ccsc2n1. The van der Waals surface area contributed by atoms with Crippen LogP contribution in [0.1, 0.15) is 52.7 Å². The lowest BCUT2D eigenvalue weighted by Crippen LogP contribution is -2.48. The second-order valence-corrected chi connectivity index (χ2v) is 8.49. The third-order valence-electron chi connectivity index (χ3n) is 3.94. The normalized spacial score (nSPS) is 13.4. The lowest BCUT2D eigenvalue weighted by Gasteiger charge is -2.24. The molecule has 0 saturated carbocycles. The second kappa shape index (κ2) is 10.3. The van der Waals surface area contributed by atoms with Gasteiger partial charge in [-0.05, 0) is 27.2 Å². The quantitative estimate of drug-likeness (QED) is 0.461. The van der Waals surface area contributed by atoms with E-state index >= 15 is 0 Å². The lowest BCUT2D eigenvalue weighted by molar-refractivity contribution is 0.0523.